The summed E-state index contributed by atoms with van der Waals surface area (Å²) in [5, 5.41) is 13.0. The summed E-state index contributed by atoms with van der Waals surface area (Å²) >= 11 is 0. The Morgan fingerprint density at radius 1 is 1.16 bits per heavy atom. The maximum atomic E-state index is 9.19. The van der Waals surface area contributed by atoms with E-state index < -0.39 is 0 Å². The average molecular weight is 268 g/mol. The second-order valence-electron chi connectivity index (χ2n) is 7.90. The highest BCUT2D eigenvalue weighted by molar-refractivity contribution is 4.87. The fourth-order valence-electron chi connectivity index (χ4n) is 3.44. The number of hydrogen-bond acceptors (Lipinski definition) is 3. The SMILES string of the molecule is CC(C)(C)CC1CC(NCC2CC2)CN(CCO)C1. The van der Waals surface area contributed by atoms with E-state index in [2.05, 4.69) is 31.0 Å². The van der Waals surface area contributed by atoms with Crippen molar-refractivity contribution < 1.29 is 5.11 Å². The number of hydrogen-bond donors (Lipinski definition) is 2. The molecule has 1 saturated carbocycles. The van der Waals surface area contributed by atoms with Crippen molar-refractivity contribution >= 4 is 0 Å². The maximum absolute atomic E-state index is 9.19. The Kier molecular flexibility index (Phi) is 5.27. The quantitative estimate of drug-likeness (QED) is 0.774. The predicted molar refractivity (Wildman–Crippen MR) is 80.2 cm³/mol. The fraction of sp³-hybridized carbons (Fsp3) is 1.00. The minimum Gasteiger partial charge on any atom is -0.395 e. The molecule has 2 unspecified atom stereocenters. The molecule has 2 fully saturated rings. The molecule has 0 spiro atoms. The van der Waals surface area contributed by atoms with E-state index in [9.17, 15) is 5.11 Å². The summed E-state index contributed by atoms with van der Waals surface area (Å²) in [7, 11) is 0. The van der Waals surface area contributed by atoms with Gasteiger partial charge < -0.3 is 10.4 Å². The largest absolute Gasteiger partial charge is 0.395 e. The molecule has 19 heavy (non-hydrogen) atoms. The van der Waals surface area contributed by atoms with Crippen molar-refractivity contribution in [2.24, 2.45) is 17.3 Å². The van der Waals surface area contributed by atoms with Gasteiger partial charge in [-0.25, -0.2) is 0 Å². The van der Waals surface area contributed by atoms with Gasteiger partial charge in [0.2, 0.25) is 0 Å². The van der Waals surface area contributed by atoms with Crippen LogP contribution in [0.2, 0.25) is 0 Å². The summed E-state index contributed by atoms with van der Waals surface area (Å²) < 4.78 is 0. The van der Waals surface area contributed by atoms with Gasteiger partial charge in [-0.05, 0) is 49.5 Å². The highest BCUT2D eigenvalue weighted by Crippen LogP contribution is 2.31. The van der Waals surface area contributed by atoms with Gasteiger partial charge in [0.05, 0.1) is 6.61 Å². The van der Waals surface area contributed by atoms with Gasteiger partial charge in [0.15, 0.2) is 0 Å². The molecule has 112 valence electrons. The van der Waals surface area contributed by atoms with Gasteiger partial charge in [-0.3, -0.25) is 4.90 Å². The van der Waals surface area contributed by atoms with Crippen molar-refractivity contribution in [2.45, 2.75) is 52.5 Å². The van der Waals surface area contributed by atoms with Crippen LogP contribution in [0.3, 0.4) is 0 Å². The minimum atomic E-state index is 0.289. The van der Waals surface area contributed by atoms with Crippen LogP contribution in [0.4, 0.5) is 0 Å². The molecule has 2 rings (SSSR count). The average Bonchev–Trinajstić information content (AvgIpc) is 3.08. The van der Waals surface area contributed by atoms with Crippen molar-refractivity contribution in [3.63, 3.8) is 0 Å². The first-order valence-electron chi connectivity index (χ1n) is 8.03. The summed E-state index contributed by atoms with van der Waals surface area (Å²) in [4.78, 5) is 2.45. The van der Waals surface area contributed by atoms with Gasteiger partial charge in [-0.15, -0.1) is 0 Å². The van der Waals surface area contributed by atoms with Crippen LogP contribution in [-0.4, -0.2) is 48.8 Å². The van der Waals surface area contributed by atoms with Crippen molar-refractivity contribution in [3.05, 3.63) is 0 Å². The molecule has 1 saturated heterocycles. The molecule has 2 N–H and O–H groups in total. The highest BCUT2D eigenvalue weighted by atomic mass is 16.3. The third-order valence-corrected chi connectivity index (χ3v) is 4.32. The zero-order valence-electron chi connectivity index (χ0n) is 13.0. The Balaban J connectivity index is 1.83. The molecule has 0 aromatic heterocycles. The first kappa shape index (κ1) is 15.3. The molecular weight excluding hydrogens is 236 g/mol. The molecule has 0 bridgehead atoms. The van der Waals surface area contributed by atoms with E-state index in [0.29, 0.717) is 11.5 Å². The zero-order chi connectivity index (χ0) is 13.9. The van der Waals surface area contributed by atoms with Gasteiger partial charge in [-0.2, -0.15) is 0 Å². The number of nitrogens with one attached hydrogen (secondary N) is 1. The maximum Gasteiger partial charge on any atom is 0.0558 e. The summed E-state index contributed by atoms with van der Waals surface area (Å²) in [5.41, 5.74) is 0.411. The number of likely N-dealkylation sites (tertiary alicyclic amines) is 1. The van der Waals surface area contributed by atoms with Gasteiger partial charge in [0.25, 0.3) is 0 Å². The smallest absolute Gasteiger partial charge is 0.0558 e. The summed E-state index contributed by atoms with van der Waals surface area (Å²) in [6, 6.07) is 0.633. The molecule has 3 heteroatoms. The summed E-state index contributed by atoms with van der Waals surface area (Å²) in [6.45, 7) is 11.6. The molecule has 1 aliphatic heterocycles. The number of rotatable bonds is 6. The molecule has 0 aromatic rings. The lowest BCUT2D eigenvalue weighted by atomic mass is 9.80. The van der Waals surface area contributed by atoms with E-state index in [1.54, 1.807) is 0 Å². The monoisotopic (exact) mass is 268 g/mol. The van der Waals surface area contributed by atoms with Gasteiger partial charge in [0.1, 0.15) is 0 Å². The van der Waals surface area contributed by atoms with Crippen LogP contribution in [0, 0.1) is 17.3 Å². The van der Waals surface area contributed by atoms with Crippen LogP contribution in [0.15, 0.2) is 0 Å². The number of aliphatic hydroxyl groups excluding tert-OH is 1. The van der Waals surface area contributed by atoms with Crippen molar-refractivity contribution in [3.8, 4) is 0 Å². The standard InChI is InChI=1S/C16H32N2O/c1-16(2,3)9-14-8-15(17-10-13-4-5-13)12-18(11-14)6-7-19/h13-15,17,19H,4-12H2,1-3H3. The Hall–Kier alpha value is -0.120. The second-order valence-corrected chi connectivity index (χ2v) is 7.90. The Labute approximate surface area is 118 Å². The Bertz CT molecular complexity index is 270. The minimum absolute atomic E-state index is 0.289. The van der Waals surface area contributed by atoms with Gasteiger partial charge in [0, 0.05) is 25.7 Å². The predicted octanol–water partition coefficient (Wildman–Crippen LogP) is 2.11. The zero-order valence-corrected chi connectivity index (χ0v) is 13.0. The topological polar surface area (TPSA) is 35.5 Å². The molecule has 3 nitrogen and oxygen atoms in total. The van der Waals surface area contributed by atoms with Crippen LogP contribution >= 0.6 is 0 Å². The third-order valence-electron chi connectivity index (χ3n) is 4.32. The Morgan fingerprint density at radius 2 is 1.89 bits per heavy atom. The van der Waals surface area contributed by atoms with E-state index in [1.165, 1.54) is 38.8 Å². The molecule has 1 heterocycles. The molecule has 0 radical (unpaired) electrons. The second kappa shape index (κ2) is 6.55. The molecule has 0 aromatic carbocycles. The lowest BCUT2D eigenvalue weighted by molar-refractivity contribution is 0.0958. The van der Waals surface area contributed by atoms with Crippen LogP contribution in [-0.2, 0) is 0 Å². The van der Waals surface area contributed by atoms with Gasteiger partial charge in [-0.1, -0.05) is 20.8 Å². The summed E-state index contributed by atoms with van der Waals surface area (Å²) in [5.74, 6) is 1.73. The van der Waals surface area contributed by atoms with E-state index in [1.807, 2.05) is 0 Å². The molecule has 2 aliphatic rings. The molecular formula is C16H32N2O. The van der Waals surface area contributed by atoms with E-state index >= 15 is 0 Å². The van der Waals surface area contributed by atoms with Gasteiger partial charge >= 0.3 is 0 Å². The van der Waals surface area contributed by atoms with E-state index in [0.717, 1.165) is 24.9 Å². The van der Waals surface area contributed by atoms with Crippen molar-refractivity contribution in [1.82, 2.24) is 10.2 Å². The van der Waals surface area contributed by atoms with Crippen LogP contribution < -0.4 is 5.32 Å². The highest BCUT2D eigenvalue weighted by Gasteiger charge is 2.30. The third kappa shape index (κ3) is 5.80. The van der Waals surface area contributed by atoms with E-state index in [4.69, 9.17) is 0 Å². The lowest BCUT2D eigenvalue weighted by Gasteiger charge is -2.40. The number of aliphatic hydroxyl groups is 1. The summed E-state index contributed by atoms with van der Waals surface area (Å²) in [6.07, 6.45) is 5.44. The van der Waals surface area contributed by atoms with Crippen molar-refractivity contribution in [2.75, 3.05) is 32.8 Å². The normalized spacial score (nSPS) is 29.7. The van der Waals surface area contributed by atoms with Crippen LogP contribution in [0.1, 0.15) is 46.5 Å². The van der Waals surface area contributed by atoms with Crippen LogP contribution in [0.25, 0.3) is 0 Å². The number of β-amino-alcohol motifs (C(OH)–C–C–N with tert-alkyl or cyclic N) is 1. The first-order chi connectivity index (χ1) is 8.96. The number of piperidine rings is 1. The Morgan fingerprint density at radius 3 is 2.47 bits per heavy atom. The van der Waals surface area contributed by atoms with E-state index in [-0.39, 0.29) is 6.61 Å². The van der Waals surface area contributed by atoms with Crippen molar-refractivity contribution in [1.29, 1.82) is 0 Å². The molecule has 0 amide bonds. The van der Waals surface area contributed by atoms with Crippen LogP contribution in [0.5, 0.6) is 0 Å². The lowest BCUT2D eigenvalue weighted by Crippen LogP contribution is -2.50. The fourth-order valence-corrected chi connectivity index (χ4v) is 3.44. The molecule has 2 atom stereocenters. The first-order valence-corrected chi connectivity index (χ1v) is 8.03. The number of nitrogens with zero attached hydrogens (tertiary/aromatic N) is 1. The molecule has 1 aliphatic carbocycles.